The van der Waals surface area contributed by atoms with E-state index in [0.29, 0.717) is 13.2 Å². The normalized spacial score (nSPS) is 12.0. The molecule has 0 aliphatic rings. The summed E-state index contributed by atoms with van der Waals surface area (Å²) in [7, 11) is 0. The van der Waals surface area contributed by atoms with Crippen LogP contribution < -0.4 is 0 Å². The van der Waals surface area contributed by atoms with Crippen LogP contribution in [-0.2, 0) is 19.1 Å². The van der Waals surface area contributed by atoms with Crippen LogP contribution in [0.1, 0.15) is 149 Å². The third kappa shape index (κ3) is 20.8. The molecule has 0 radical (unpaired) electrons. The van der Waals surface area contributed by atoms with Gasteiger partial charge in [0.25, 0.3) is 0 Å². The van der Waals surface area contributed by atoms with E-state index >= 15 is 0 Å². The standard InChI is InChI=1S/C28H54O4/c1-4-7-10-13-16-19-22-26(28(30)32-24-21-18-15-12-9-6-3)25-27(29)31-23-20-17-14-11-8-5-2/h26H,4-25H2,1-3H3. The fourth-order valence-corrected chi connectivity index (χ4v) is 3.98. The van der Waals surface area contributed by atoms with Gasteiger partial charge in [0.2, 0.25) is 0 Å². The van der Waals surface area contributed by atoms with E-state index in [2.05, 4.69) is 20.8 Å². The van der Waals surface area contributed by atoms with Gasteiger partial charge in [0, 0.05) is 0 Å². The maximum absolute atomic E-state index is 12.6. The summed E-state index contributed by atoms with van der Waals surface area (Å²) in [5.41, 5.74) is 0. The minimum Gasteiger partial charge on any atom is -0.466 e. The fourth-order valence-electron chi connectivity index (χ4n) is 3.98. The molecule has 0 amide bonds. The Morgan fingerprint density at radius 2 is 0.938 bits per heavy atom. The van der Waals surface area contributed by atoms with Crippen LogP contribution in [0.4, 0.5) is 0 Å². The van der Waals surface area contributed by atoms with E-state index in [-0.39, 0.29) is 24.3 Å². The van der Waals surface area contributed by atoms with Crippen molar-refractivity contribution in [3.8, 4) is 0 Å². The predicted molar refractivity (Wildman–Crippen MR) is 135 cm³/mol. The number of esters is 2. The summed E-state index contributed by atoms with van der Waals surface area (Å²) in [5.74, 6) is -0.798. The topological polar surface area (TPSA) is 52.6 Å². The second kappa shape index (κ2) is 24.6. The molecule has 0 heterocycles. The van der Waals surface area contributed by atoms with E-state index in [4.69, 9.17) is 9.47 Å². The molecule has 1 atom stereocenters. The highest BCUT2D eigenvalue weighted by atomic mass is 16.5. The Hall–Kier alpha value is -1.06. The number of carbonyl (C=O) groups is 2. The lowest BCUT2D eigenvalue weighted by molar-refractivity contribution is -0.155. The molecule has 1 unspecified atom stereocenters. The Balaban J connectivity index is 4.22. The molecule has 0 aromatic rings. The number of hydrogen-bond donors (Lipinski definition) is 0. The molecule has 0 rings (SSSR count). The third-order valence-electron chi connectivity index (χ3n) is 6.16. The zero-order chi connectivity index (χ0) is 23.7. The fraction of sp³-hybridized carbons (Fsp3) is 0.929. The molecule has 0 spiro atoms. The maximum Gasteiger partial charge on any atom is 0.309 e. The van der Waals surface area contributed by atoms with E-state index in [9.17, 15) is 9.59 Å². The van der Waals surface area contributed by atoms with Gasteiger partial charge in [0.05, 0.1) is 25.6 Å². The molecule has 0 saturated carbocycles. The first-order chi connectivity index (χ1) is 15.7. The molecule has 0 saturated heterocycles. The first-order valence-corrected chi connectivity index (χ1v) is 14.0. The Morgan fingerprint density at radius 3 is 1.44 bits per heavy atom. The molecule has 190 valence electrons. The van der Waals surface area contributed by atoms with Gasteiger partial charge in [-0.15, -0.1) is 0 Å². The molecular weight excluding hydrogens is 400 g/mol. The first kappa shape index (κ1) is 30.9. The Bertz CT molecular complexity index is 422. The zero-order valence-electron chi connectivity index (χ0n) is 21.8. The number of hydrogen-bond acceptors (Lipinski definition) is 4. The van der Waals surface area contributed by atoms with Gasteiger partial charge in [-0.3, -0.25) is 9.59 Å². The molecule has 0 aromatic carbocycles. The number of unbranched alkanes of at least 4 members (excludes halogenated alkanes) is 15. The summed E-state index contributed by atoms with van der Waals surface area (Å²) in [6.45, 7) is 7.59. The van der Waals surface area contributed by atoms with Crippen molar-refractivity contribution in [1.29, 1.82) is 0 Å². The van der Waals surface area contributed by atoms with Crippen molar-refractivity contribution in [3.63, 3.8) is 0 Å². The minimum absolute atomic E-state index is 0.167. The van der Waals surface area contributed by atoms with E-state index in [0.717, 1.165) is 44.9 Å². The van der Waals surface area contributed by atoms with Gasteiger partial charge in [-0.25, -0.2) is 0 Å². The quantitative estimate of drug-likeness (QED) is 0.108. The van der Waals surface area contributed by atoms with Crippen LogP contribution in [0.25, 0.3) is 0 Å². The Kier molecular flexibility index (Phi) is 23.8. The summed E-state index contributed by atoms with van der Waals surface area (Å²) in [6, 6.07) is 0. The molecule has 4 nitrogen and oxygen atoms in total. The molecule has 0 aliphatic heterocycles. The van der Waals surface area contributed by atoms with Crippen molar-refractivity contribution in [3.05, 3.63) is 0 Å². The van der Waals surface area contributed by atoms with Gasteiger partial charge >= 0.3 is 11.9 Å². The van der Waals surface area contributed by atoms with Crippen LogP contribution in [-0.4, -0.2) is 25.2 Å². The molecular formula is C28H54O4. The minimum atomic E-state index is -0.349. The largest absolute Gasteiger partial charge is 0.466 e. The highest BCUT2D eigenvalue weighted by molar-refractivity contribution is 5.79. The van der Waals surface area contributed by atoms with E-state index in [1.54, 1.807) is 0 Å². The van der Waals surface area contributed by atoms with Crippen LogP contribution in [0.15, 0.2) is 0 Å². The Morgan fingerprint density at radius 1 is 0.531 bits per heavy atom. The van der Waals surface area contributed by atoms with Gasteiger partial charge < -0.3 is 9.47 Å². The van der Waals surface area contributed by atoms with Gasteiger partial charge in [0.15, 0.2) is 0 Å². The summed E-state index contributed by atoms with van der Waals surface area (Å²) in [6.07, 6.45) is 22.0. The summed E-state index contributed by atoms with van der Waals surface area (Å²) >= 11 is 0. The van der Waals surface area contributed by atoms with Gasteiger partial charge in [-0.2, -0.15) is 0 Å². The first-order valence-electron chi connectivity index (χ1n) is 14.0. The molecule has 0 fully saturated rings. The van der Waals surface area contributed by atoms with Crippen LogP contribution >= 0.6 is 0 Å². The molecule has 4 heteroatoms. The van der Waals surface area contributed by atoms with Crippen LogP contribution in [0.3, 0.4) is 0 Å². The van der Waals surface area contributed by atoms with Crippen LogP contribution in [0.2, 0.25) is 0 Å². The zero-order valence-corrected chi connectivity index (χ0v) is 21.8. The molecule has 0 aromatic heterocycles. The van der Waals surface area contributed by atoms with Crippen molar-refractivity contribution in [2.45, 2.75) is 149 Å². The predicted octanol–water partition coefficient (Wildman–Crippen LogP) is 8.55. The monoisotopic (exact) mass is 454 g/mol. The maximum atomic E-state index is 12.6. The molecule has 32 heavy (non-hydrogen) atoms. The summed E-state index contributed by atoms with van der Waals surface area (Å²) < 4.78 is 11.0. The summed E-state index contributed by atoms with van der Waals surface area (Å²) in [4.78, 5) is 24.9. The number of ether oxygens (including phenoxy) is 2. The van der Waals surface area contributed by atoms with Crippen molar-refractivity contribution >= 4 is 11.9 Å². The lowest BCUT2D eigenvalue weighted by Crippen LogP contribution is -2.23. The summed E-state index contributed by atoms with van der Waals surface area (Å²) in [5, 5.41) is 0. The smallest absolute Gasteiger partial charge is 0.309 e. The Labute approximate surface area is 199 Å². The lowest BCUT2D eigenvalue weighted by Gasteiger charge is -2.16. The molecule has 0 bridgehead atoms. The van der Waals surface area contributed by atoms with Crippen molar-refractivity contribution in [1.82, 2.24) is 0 Å². The number of rotatable bonds is 24. The second-order valence-electron chi connectivity index (χ2n) is 9.38. The average Bonchev–Trinajstić information content (AvgIpc) is 2.79. The average molecular weight is 455 g/mol. The third-order valence-corrected chi connectivity index (χ3v) is 6.16. The van der Waals surface area contributed by atoms with Crippen LogP contribution in [0.5, 0.6) is 0 Å². The van der Waals surface area contributed by atoms with E-state index < -0.39 is 0 Å². The van der Waals surface area contributed by atoms with E-state index in [1.807, 2.05) is 0 Å². The van der Waals surface area contributed by atoms with E-state index in [1.165, 1.54) is 77.0 Å². The van der Waals surface area contributed by atoms with Crippen LogP contribution in [0, 0.1) is 5.92 Å². The highest BCUT2D eigenvalue weighted by Gasteiger charge is 2.23. The van der Waals surface area contributed by atoms with Gasteiger partial charge in [-0.05, 0) is 19.3 Å². The second-order valence-corrected chi connectivity index (χ2v) is 9.38. The lowest BCUT2D eigenvalue weighted by atomic mass is 9.97. The SMILES string of the molecule is CCCCCCCCOC(=O)CC(CCCCCCCC)C(=O)OCCCCCCCC. The van der Waals surface area contributed by atoms with Gasteiger partial charge in [-0.1, -0.05) is 124 Å². The highest BCUT2D eigenvalue weighted by Crippen LogP contribution is 2.19. The van der Waals surface area contributed by atoms with Gasteiger partial charge in [0.1, 0.15) is 0 Å². The van der Waals surface area contributed by atoms with Crippen molar-refractivity contribution in [2.24, 2.45) is 5.92 Å². The molecule has 0 aliphatic carbocycles. The van der Waals surface area contributed by atoms with Crippen molar-refractivity contribution < 1.29 is 19.1 Å². The number of carbonyl (C=O) groups excluding carboxylic acids is 2. The molecule has 0 N–H and O–H groups in total. The van der Waals surface area contributed by atoms with Crippen molar-refractivity contribution in [2.75, 3.05) is 13.2 Å².